The van der Waals surface area contributed by atoms with Crippen LogP contribution in [0.2, 0.25) is 5.02 Å². The number of hydrogen-bond acceptors (Lipinski definition) is 2. The summed E-state index contributed by atoms with van der Waals surface area (Å²) < 4.78 is 0.700. The van der Waals surface area contributed by atoms with Crippen molar-refractivity contribution in [2.75, 3.05) is 11.4 Å². The predicted octanol–water partition coefficient (Wildman–Crippen LogP) is 2.59. The van der Waals surface area contributed by atoms with Crippen LogP contribution in [0.25, 0.3) is 0 Å². The lowest BCUT2D eigenvalue weighted by molar-refractivity contribution is -0.132. The van der Waals surface area contributed by atoms with Gasteiger partial charge in [0.15, 0.2) is 0 Å². The summed E-state index contributed by atoms with van der Waals surface area (Å²) in [6.07, 6.45) is 0. The van der Waals surface area contributed by atoms with E-state index in [4.69, 9.17) is 11.6 Å². The van der Waals surface area contributed by atoms with E-state index in [1.165, 1.54) is 4.90 Å². The third-order valence-corrected chi connectivity index (χ3v) is 3.89. The van der Waals surface area contributed by atoms with Crippen molar-refractivity contribution in [1.29, 1.82) is 0 Å². The SMILES string of the molecule is CC(C)C1NC(=O)CN(c2ccc(Cl)cc2Br)C1=O. The Morgan fingerprint density at radius 1 is 1.42 bits per heavy atom. The monoisotopic (exact) mass is 344 g/mol. The molecule has 0 saturated carbocycles. The Morgan fingerprint density at radius 2 is 2.11 bits per heavy atom. The average molecular weight is 346 g/mol. The van der Waals surface area contributed by atoms with E-state index in [1.807, 2.05) is 13.8 Å². The maximum atomic E-state index is 12.4. The van der Waals surface area contributed by atoms with Crippen LogP contribution in [0.1, 0.15) is 13.8 Å². The second-order valence-corrected chi connectivity index (χ2v) is 6.10. The molecule has 1 aromatic rings. The van der Waals surface area contributed by atoms with Crippen molar-refractivity contribution in [1.82, 2.24) is 5.32 Å². The number of carbonyl (C=O) groups is 2. The van der Waals surface area contributed by atoms with E-state index in [-0.39, 0.29) is 24.3 Å². The molecule has 0 aliphatic carbocycles. The molecule has 1 heterocycles. The molecular weight excluding hydrogens is 332 g/mol. The van der Waals surface area contributed by atoms with Gasteiger partial charge in [-0.3, -0.25) is 9.59 Å². The highest BCUT2D eigenvalue weighted by Crippen LogP contribution is 2.30. The summed E-state index contributed by atoms with van der Waals surface area (Å²) >= 11 is 9.26. The third-order valence-electron chi connectivity index (χ3n) is 3.02. The summed E-state index contributed by atoms with van der Waals surface area (Å²) in [7, 11) is 0. The first-order chi connectivity index (χ1) is 8.90. The van der Waals surface area contributed by atoms with Crippen molar-refractivity contribution in [2.24, 2.45) is 5.92 Å². The number of amides is 2. The number of nitrogens with zero attached hydrogens (tertiary/aromatic N) is 1. The topological polar surface area (TPSA) is 49.4 Å². The van der Waals surface area contributed by atoms with Crippen LogP contribution in [0.4, 0.5) is 5.69 Å². The number of halogens is 2. The van der Waals surface area contributed by atoms with Crippen molar-refractivity contribution in [3.63, 3.8) is 0 Å². The molecule has 0 radical (unpaired) electrons. The van der Waals surface area contributed by atoms with Crippen molar-refractivity contribution >= 4 is 45.0 Å². The summed E-state index contributed by atoms with van der Waals surface area (Å²) in [5, 5.41) is 3.30. The Labute approximate surface area is 125 Å². The van der Waals surface area contributed by atoms with Crippen molar-refractivity contribution in [3.8, 4) is 0 Å². The van der Waals surface area contributed by atoms with Gasteiger partial charge in [0, 0.05) is 9.50 Å². The van der Waals surface area contributed by atoms with Gasteiger partial charge in [0.25, 0.3) is 0 Å². The zero-order chi connectivity index (χ0) is 14.2. The van der Waals surface area contributed by atoms with Crippen LogP contribution in [-0.4, -0.2) is 24.4 Å². The molecule has 1 saturated heterocycles. The Morgan fingerprint density at radius 3 is 2.68 bits per heavy atom. The first-order valence-corrected chi connectivity index (χ1v) is 7.13. The molecule has 0 spiro atoms. The number of carbonyl (C=O) groups excluding carboxylic acids is 2. The fourth-order valence-electron chi connectivity index (χ4n) is 2.03. The van der Waals surface area contributed by atoms with Crippen LogP contribution < -0.4 is 10.2 Å². The van der Waals surface area contributed by atoms with Gasteiger partial charge in [-0.05, 0) is 40.0 Å². The van der Waals surface area contributed by atoms with Gasteiger partial charge < -0.3 is 10.2 Å². The molecule has 0 bridgehead atoms. The van der Waals surface area contributed by atoms with Gasteiger partial charge in [-0.15, -0.1) is 0 Å². The molecule has 1 N–H and O–H groups in total. The zero-order valence-electron chi connectivity index (χ0n) is 10.6. The number of anilines is 1. The molecule has 2 rings (SSSR count). The van der Waals surface area contributed by atoms with Crippen LogP contribution >= 0.6 is 27.5 Å². The first kappa shape index (κ1) is 14.3. The lowest BCUT2D eigenvalue weighted by Gasteiger charge is -2.34. The van der Waals surface area contributed by atoms with Crippen LogP contribution in [0.5, 0.6) is 0 Å². The van der Waals surface area contributed by atoms with Gasteiger partial charge >= 0.3 is 0 Å². The lowest BCUT2D eigenvalue weighted by Crippen LogP contribution is -2.60. The fraction of sp³-hybridized carbons (Fsp3) is 0.385. The maximum Gasteiger partial charge on any atom is 0.250 e. The Kier molecular flexibility index (Phi) is 4.16. The van der Waals surface area contributed by atoms with E-state index in [1.54, 1.807) is 18.2 Å². The zero-order valence-corrected chi connectivity index (χ0v) is 13.0. The quantitative estimate of drug-likeness (QED) is 0.895. The molecule has 6 heteroatoms. The first-order valence-electron chi connectivity index (χ1n) is 5.96. The minimum atomic E-state index is -0.483. The van der Waals surface area contributed by atoms with E-state index in [2.05, 4.69) is 21.2 Å². The van der Waals surface area contributed by atoms with Gasteiger partial charge in [0.05, 0.1) is 5.69 Å². The second-order valence-electron chi connectivity index (χ2n) is 4.81. The largest absolute Gasteiger partial charge is 0.342 e. The van der Waals surface area contributed by atoms with Crippen LogP contribution in [0.15, 0.2) is 22.7 Å². The normalized spacial score (nSPS) is 19.8. The van der Waals surface area contributed by atoms with E-state index in [0.717, 1.165) is 0 Å². The molecule has 4 nitrogen and oxygen atoms in total. The Hall–Kier alpha value is -1.07. The van der Waals surface area contributed by atoms with Crippen LogP contribution in [-0.2, 0) is 9.59 Å². The van der Waals surface area contributed by atoms with E-state index in [9.17, 15) is 9.59 Å². The number of piperazine rings is 1. The van der Waals surface area contributed by atoms with Crippen LogP contribution in [0.3, 0.4) is 0 Å². The molecule has 102 valence electrons. The molecular formula is C13H14BrClN2O2. The average Bonchev–Trinajstić information content (AvgIpc) is 2.32. The highest BCUT2D eigenvalue weighted by molar-refractivity contribution is 9.10. The van der Waals surface area contributed by atoms with Crippen LogP contribution in [0, 0.1) is 5.92 Å². The molecule has 1 unspecified atom stereocenters. The van der Waals surface area contributed by atoms with Gasteiger partial charge in [-0.1, -0.05) is 25.4 Å². The highest BCUT2D eigenvalue weighted by atomic mass is 79.9. The maximum absolute atomic E-state index is 12.4. The molecule has 1 fully saturated rings. The van der Waals surface area contributed by atoms with Crippen molar-refractivity contribution < 1.29 is 9.59 Å². The Bertz CT molecular complexity index is 533. The summed E-state index contributed by atoms with van der Waals surface area (Å²) in [6.45, 7) is 3.84. The second kappa shape index (κ2) is 5.51. The van der Waals surface area contributed by atoms with E-state index >= 15 is 0 Å². The predicted molar refractivity (Wildman–Crippen MR) is 78.3 cm³/mol. The van der Waals surface area contributed by atoms with Gasteiger partial charge in [-0.25, -0.2) is 0 Å². The standard InChI is InChI=1S/C13H14BrClN2O2/c1-7(2)12-13(19)17(6-11(18)16-12)10-4-3-8(15)5-9(10)14/h3-5,7,12H,6H2,1-2H3,(H,16,18). The fourth-order valence-corrected chi connectivity index (χ4v) is 2.92. The van der Waals surface area contributed by atoms with E-state index in [0.29, 0.717) is 15.2 Å². The number of hydrogen-bond donors (Lipinski definition) is 1. The lowest BCUT2D eigenvalue weighted by atomic mass is 10.0. The summed E-state index contributed by atoms with van der Waals surface area (Å²) in [5.41, 5.74) is 0.662. The summed E-state index contributed by atoms with van der Waals surface area (Å²) in [5.74, 6) is -0.205. The summed E-state index contributed by atoms with van der Waals surface area (Å²) in [4.78, 5) is 25.6. The van der Waals surface area contributed by atoms with Gasteiger partial charge in [0.2, 0.25) is 11.8 Å². The molecule has 1 aliphatic rings. The highest BCUT2D eigenvalue weighted by Gasteiger charge is 2.35. The number of rotatable bonds is 2. The number of nitrogens with one attached hydrogen (secondary N) is 1. The molecule has 2 amide bonds. The molecule has 19 heavy (non-hydrogen) atoms. The summed E-state index contributed by atoms with van der Waals surface area (Å²) in [6, 6.07) is 4.66. The molecule has 1 atom stereocenters. The van der Waals surface area contributed by atoms with Crippen molar-refractivity contribution in [2.45, 2.75) is 19.9 Å². The van der Waals surface area contributed by atoms with Crippen molar-refractivity contribution in [3.05, 3.63) is 27.7 Å². The molecule has 1 aromatic carbocycles. The Balaban J connectivity index is 2.37. The van der Waals surface area contributed by atoms with Gasteiger partial charge in [0.1, 0.15) is 12.6 Å². The van der Waals surface area contributed by atoms with Gasteiger partial charge in [-0.2, -0.15) is 0 Å². The minimum absolute atomic E-state index is 0.0300. The molecule has 0 aromatic heterocycles. The third kappa shape index (κ3) is 2.92. The molecule has 1 aliphatic heterocycles. The smallest absolute Gasteiger partial charge is 0.250 e. The number of benzene rings is 1. The van der Waals surface area contributed by atoms with E-state index < -0.39 is 6.04 Å². The minimum Gasteiger partial charge on any atom is -0.342 e.